The average molecular weight is 581 g/mol. The van der Waals surface area contributed by atoms with E-state index in [2.05, 4.69) is 41.1 Å². The van der Waals surface area contributed by atoms with Gasteiger partial charge in [0.2, 0.25) is 5.91 Å². The van der Waals surface area contributed by atoms with Crippen LogP contribution >= 0.6 is 0 Å². The third kappa shape index (κ3) is 5.66. The molecule has 3 aliphatic rings. The molecule has 1 amide bonds. The lowest BCUT2D eigenvalue weighted by Crippen LogP contribution is -2.52. The maximum atomic E-state index is 14.1. The quantitative estimate of drug-likeness (QED) is 0.403. The number of amides is 1. The van der Waals surface area contributed by atoms with Crippen LogP contribution in [0.2, 0.25) is 0 Å². The second-order valence-electron chi connectivity index (χ2n) is 12.3. The molecule has 6 rings (SSSR count). The van der Waals surface area contributed by atoms with Crippen molar-refractivity contribution in [2.45, 2.75) is 32.7 Å². The molecule has 1 unspecified atom stereocenters. The molecule has 3 aromatic carbocycles. The third-order valence-electron chi connectivity index (χ3n) is 8.79. The Hall–Kier alpha value is -4.46. The van der Waals surface area contributed by atoms with Crippen molar-refractivity contribution in [2.75, 3.05) is 62.1 Å². The number of nitrogens with zero attached hydrogens (tertiary/aromatic N) is 3. The number of ketones is 1. The Morgan fingerprint density at radius 1 is 0.884 bits per heavy atom. The fourth-order valence-electron chi connectivity index (χ4n) is 6.70. The topological polar surface area (TPSA) is 74.4 Å². The van der Waals surface area contributed by atoms with Crippen molar-refractivity contribution in [2.24, 2.45) is 5.41 Å². The number of hydrogen-bond donors (Lipinski definition) is 1. The summed E-state index contributed by atoms with van der Waals surface area (Å²) < 4.78 is 11.2. The molecule has 2 aliphatic heterocycles. The number of nitrogens with one attached hydrogen (secondary N) is 1. The molecule has 2 heterocycles. The molecule has 0 radical (unpaired) electrons. The molecule has 8 heteroatoms. The lowest BCUT2D eigenvalue weighted by Gasteiger charge is -2.40. The molecule has 1 atom stereocenters. The van der Waals surface area contributed by atoms with Crippen molar-refractivity contribution in [3.8, 4) is 11.5 Å². The van der Waals surface area contributed by atoms with E-state index >= 15 is 0 Å². The molecule has 0 aromatic heterocycles. The van der Waals surface area contributed by atoms with Crippen LogP contribution in [0.15, 0.2) is 84.1 Å². The first-order valence-corrected chi connectivity index (χ1v) is 15.0. The van der Waals surface area contributed by atoms with E-state index < -0.39 is 6.04 Å². The zero-order chi connectivity index (χ0) is 30.1. The first-order valence-electron chi connectivity index (χ1n) is 15.0. The lowest BCUT2D eigenvalue weighted by molar-refractivity contribution is -0.130. The summed E-state index contributed by atoms with van der Waals surface area (Å²) in [6.07, 6.45) is 1.17. The molecule has 8 nitrogen and oxygen atoms in total. The summed E-state index contributed by atoms with van der Waals surface area (Å²) in [6.45, 7) is 7.24. The smallest absolute Gasteiger partial charge is 0.242 e. The van der Waals surface area contributed by atoms with Crippen LogP contribution < -0.4 is 24.6 Å². The van der Waals surface area contributed by atoms with Crippen molar-refractivity contribution in [3.63, 3.8) is 0 Å². The summed E-state index contributed by atoms with van der Waals surface area (Å²) in [6, 6.07) is 23.7. The van der Waals surface area contributed by atoms with Gasteiger partial charge in [0.25, 0.3) is 0 Å². The number of carbonyl (C=O) groups excluding carboxylic acids is 2. The summed E-state index contributed by atoms with van der Waals surface area (Å²) in [5.41, 5.74) is 5.28. The summed E-state index contributed by atoms with van der Waals surface area (Å²) in [5.74, 6) is 1.34. The van der Waals surface area contributed by atoms with Gasteiger partial charge in [-0.25, -0.2) is 0 Å². The number of benzene rings is 3. The highest BCUT2D eigenvalue weighted by Crippen LogP contribution is 2.49. The van der Waals surface area contributed by atoms with Gasteiger partial charge in [0, 0.05) is 49.6 Å². The van der Waals surface area contributed by atoms with Gasteiger partial charge >= 0.3 is 0 Å². The van der Waals surface area contributed by atoms with Crippen LogP contribution in [0.3, 0.4) is 0 Å². The van der Waals surface area contributed by atoms with Gasteiger partial charge in [-0.2, -0.15) is 0 Å². The van der Waals surface area contributed by atoms with Crippen LogP contribution in [0.1, 0.15) is 38.3 Å². The molecule has 1 fully saturated rings. The lowest BCUT2D eigenvalue weighted by atomic mass is 9.73. The average Bonchev–Trinajstić information content (AvgIpc) is 3.15. The van der Waals surface area contributed by atoms with Gasteiger partial charge in [0.05, 0.1) is 38.2 Å². The van der Waals surface area contributed by atoms with Crippen LogP contribution in [-0.2, 0) is 9.59 Å². The third-order valence-corrected chi connectivity index (χ3v) is 8.79. The van der Waals surface area contributed by atoms with E-state index in [1.54, 1.807) is 14.2 Å². The number of piperazine rings is 1. The van der Waals surface area contributed by atoms with E-state index in [-0.39, 0.29) is 23.7 Å². The maximum absolute atomic E-state index is 14.1. The Morgan fingerprint density at radius 2 is 1.58 bits per heavy atom. The predicted octanol–water partition coefficient (Wildman–Crippen LogP) is 5.67. The number of anilines is 3. The van der Waals surface area contributed by atoms with Crippen LogP contribution in [-0.4, -0.2) is 63.5 Å². The minimum Gasteiger partial charge on any atom is -0.493 e. The number of allylic oxidation sites excluding steroid dienone is 1. The number of fused-ring (bicyclic) bond motifs is 1. The molecular formula is C35H40N4O4. The molecule has 1 aliphatic carbocycles. The molecule has 43 heavy (non-hydrogen) atoms. The van der Waals surface area contributed by atoms with Crippen LogP contribution in [0.5, 0.6) is 11.5 Å². The first-order chi connectivity index (χ1) is 20.8. The van der Waals surface area contributed by atoms with Gasteiger partial charge in [-0.05, 0) is 53.8 Å². The van der Waals surface area contributed by atoms with Gasteiger partial charge in [-0.1, -0.05) is 50.2 Å². The highest BCUT2D eigenvalue weighted by molar-refractivity contribution is 6.02. The van der Waals surface area contributed by atoms with E-state index in [0.717, 1.165) is 42.1 Å². The highest BCUT2D eigenvalue weighted by Gasteiger charge is 2.42. The van der Waals surface area contributed by atoms with E-state index in [4.69, 9.17) is 9.47 Å². The number of para-hydroxylation sites is 3. The number of Topliss-reactive ketones (excluding diaryl/α,β-unsaturated/α-hetero) is 1. The maximum Gasteiger partial charge on any atom is 0.242 e. The van der Waals surface area contributed by atoms with Crippen molar-refractivity contribution in [3.05, 3.63) is 89.6 Å². The van der Waals surface area contributed by atoms with E-state index in [1.165, 1.54) is 5.69 Å². The minimum absolute atomic E-state index is 0.0422. The Morgan fingerprint density at radius 3 is 2.30 bits per heavy atom. The zero-order valence-corrected chi connectivity index (χ0v) is 25.4. The standard InChI is InChI=1S/C35H40N4O4/c1-35(2)21-27-33(29(40)22-35)34(24-14-15-30(42-3)31(20-24)43-4)39(28-13-9-8-12-26(28)36-27)23-32(41)38-18-16-37(17-19-38)25-10-6-5-7-11-25/h5-15,20,34,36H,16-19,21-23H2,1-4H3. The molecular weight excluding hydrogens is 540 g/mol. The summed E-state index contributed by atoms with van der Waals surface area (Å²) in [4.78, 5) is 34.5. The number of ether oxygens (including phenoxy) is 2. The highest BCUT2D eigenvalue weighted by atomic mass is 16.5. The molecule has 3 aromatic rings. The first kappa shape index (κ1) is 28.6. The molecule has 0 saturated carbocycles. The summed E-state index contributed by atoms with van der Waals surface area (Å²) in [5, 5.41) is 3.63. The molecule has 224 valence electrons. The molecule has 0 spiro atoms. The van der Waals surface area contributed by atoms with E-state index in [0.29, 0.717) is 36.6 Å². The Balaban J connectivity index is 1.39. The number of rotatable bonds is 6. The van der Waals surface area contributed by atoms with Gasteiger partial charge in [0.15, 0.2) is 17.3 Å². The summed E-state index contributed by atoms with van der Waals surface area (Å²) in [7, 11) is 3.22. The molecule has 1 saturated heterocycles. The minimum atomic E-state index is -0.482. The fraction of sp³-hybridized carbons (Fsp3) is 0.371. The molecule has 1 N–H and O–H groups in total. The normalized spacial score (nSPS) is 19.7. The fourth-order valence-corrected chi connectivity index (χ4v) is 6.70. The molecule has 0 bridgehead atoms. The monoisotopic (exact) mass is 580 g/mol. The van der Waals surface area contributed by atoms with E-state index in [1.807, 2.05) is 65.6 Å². The Bertz CT molecular complexity index is 1540. The van der Waals surface area contributed by atoms with Gasteiger partial charge < -0.3 is 29.5 Å². The largest absolute Gasteiger partial charge is 0.493 e. The van der Waals surface area contributed by atoms with Crippen LogP contribution in [0, 0.1) is 5.41 Å². The number of carbonyl (C=O) groups is 2. The van der Waals surface area contributed by atoms with Crippen LogP contribution in [0.25, 0.3) is 0 Å². The second-order valence-corrected chi connectivity index (χ2v) is 12.3. The SMILES string of the molecule is COc1ccc(C2C3=C(CC(C)(C)CC3=O)Nc3ccccc3N2CC(=O)N2CCN(c3ccccc3)CC2)cc1OC. The predicted molar refractivity (Wildman–Crippen MR) is 170 cm³/mol. The number of methoxy groups -OCH3 is 2. The van der Waals surface area contributed by atoms with Gasteiger partial charge in [0.1, 0.15) is 0 Å². The van der Waals surface area contributed by atoms with Crippen molar-refractivity contribution in [1.82, 2.24) is 4.90 Å². The Labute approximate surface area is 253 Å². The zero-order valence-electron chi connectivity index (χ0n) is 25.4. The van der Waals surface area contributed by atoms with Crippen molar-refractivity contribution < 1.29 is 19.1 Å². The van der Waals surface area contributed by atoms with E-state index in [9.17, 15) is 9.59 Å². The number of hydrogen-bond acceptors (Lipinski definition) is 7. The van der Waals surface area contributed by atoms with Gasteiger partial charge in [-0.15, -0.1) is 0 Å². The van der Waals surface area contributed by atoms with Crippen molar-refractivity contribution in [1.29, 1.82) is 0 Å². The second kappa shape index (κ2) is 11.7. The van der Waals surface area contributed by atoms with Gasteiger partial charge in [-0.3, -0.25) is 9.59 Å². The summed E-state index contributed by atoms with van der Waals surface area (Å²) >= 11 is 0. The van der Waals surface area contributed by atoms with Crippen LogP contribution in [0.4, 0.5) is 17.1 Å². The van der Waals surface area contributed by atoms with Crippen molar-refractivity contribution >= 4 is 28.8 Å². The Kier molecular flexibility index (Phi) is 7.77.